The fourth-order valence-electron chi connectivity index (χ4n) is 2.05. The Kier molecular flexibility index (Phi) is 3.61. The van der Waals surface area contributed by atoms with Gasteiger partial charge in [-0.1, -0.05) is 0 Å². The topological polar surface area (TPSA) is 46.3 Å². The van der Waals surface area contributed by atoms with Crippen molar-refractivity contribution >= 4 is 17.2 Å². The molecule has 3 nitrogen and oxygen atoms in total. The Bertz CT molecular complexity index is 365. The van der Waals surface area contributed by atoms with Crippen LogP contribution in [0, 0.1) is 0 Å². The van der Waals surface area contributed by atoms with Crippen LogP contribution in [0.25, 0.3) is 0 Å². The molecule has 0 aliphatic heterocycles. The van der Waals surface area contributed by atoms with Crippen molar-refractivity contribution in [2.75, 3.05) is 20.1 Å². The van der Waals surface area contributed by atoms with Crippen molar-refractivity contribution < 1.29 is 4.79 Å². The Morgan fingerprint density at radius 3 is 3.06 bits per heavy atom. The normalized spacial score (nSPS) is 13.9. The quantitative estimate of drug-likeness (QED) is 0.867. The van der Waals surface area contributed by atoms with Crippen LogP contribution in [-0.4, -0.2) is 30.9 Å². The lowest BCUT2D eigenvalue weighted by Crippen LogP contribution is -2.28. The number of carbonyl (C=O) groups is 1. The molecule has 1 amide bonds. The molecule has 0 saturated carbocycles. The zero-order valence-corrected chi connectivity index (χ0v) is 10.5. The maximum atomic E-state index is 12.1. The third-order valence-corrected chi connectivity index (χ3v) is 4.23. The van der Waals surface area contributed by atoms with Gasteiger partial charge in [-0.3, -0.25) is 4.79 Å². The Hall–Kier alpha value is -0.870. The van der Waals surface area contributed by atoms with Crippen LogP contribution in [-0.2, 0) is 12.8 Å². The molecule has 0 bridgehead atoms. The second kappa shape index (κ2) is 4.97. The molecule has 16 heavy (non-hydrogen) atoms. The predicted octanol–water partition coefficient (Wildman–Crippen LogP) is 1.66. The minimum absolute atomic E-state index is 0.146. The Morgan fingerprint density at radius 2 is 2.38 bits per heavy atom. The zero-order chi connectivity index (χ0) is 11.5. The Labute approximate surface area is 100 Å². The van der Waals surface area contributed by atoms with Gasteiger partial charge in [0.25, 0.3) is 5.91 Å². The number of amides is 1. The molecular weight excluding hydrogens is 220 g/mol. The van der Waals surface area contributed by atoms with Crippen molar-refractivity contribution in [3.05, 3.63) is 21.4 Å². The molecule has 1 aromatic heterocycles. The van der Waals surface area contributed by atoms with E-state index in [1.807, 2.05) is 7.05 Å². The highest BCUT2D eigenvalue weighted by Gasteiger charge is 2.20. The van der Waals surface area contributed by atoms with E-state index in [1.165, 1.54) is 16.9 Å². The van der Waals surface area contributed by atoms with Crippen LogP contribution in [0.2, 0.25) is 0 Å². The minimum atomic E-state index is 0.146. The van der Waals surface area contributed by atoms with E-state index in [0.29, 0.717) is 6.54 Å². The molecule has 2 rings (SSSR count). The summed E-state index contributed by atoms with van der Waals surface area (Å²) in [5, 5.41) is 0. The van der Waals surface area contributed by atoms with Crippen LogP contribution in [0.15, 0.2) is 6.07 Å². The fraction of sp³-hybridized carbons (Fsp3) is 0.583. The van der Waals surface area contributed by atoms with Gasteiger partial charge in [-0.2, -0.15) is 0 Å². The van der Waals surface area contributed by atoms with E-state index in [9.17, 15) is 4.79 Å². The summed E-state index contributed by atoms with van der Waals surface area (Å²) < 4.78 is 0. The average molecular weight is 238 g/mol. The maximum absolute atomic E-state index is 12.1. The van der Waals surface area contributed by atoms with Gasteiger partial charge in [-0.15, -0.1) is 11.3 Å². The summed E-state index contributed by atoms with van der Waals surface area (Å²) >= 11 is 1.67. The summed E-state index contributed by atoms with van der Waals surface area (Å²) in [5.74, 6) is 0.146. The van der Waals surface area contributed by atoms with Crippen molar-refractivity contribution in [3.63, 3.8) is 0 Å². The molecule has 0 atom stereocenters. The highest BCUT2D eigenvalue weighted by molar-refractivity contribution is 7.14. The SMILES string of the molecule is CN(CCCN)C(=O)c1cc2c(s1)CCC2. The van der Waals surface area contributed by atoms with Crippen molar-refractivity contribution in [2.45, 2.75) is 25.7 Å². The van der Waals surface area contributed by atoms with Crippen molar-refractivity contribution in [2.24, 2.45) is 5.73 Å². The first-order valence-corrected chi connectivity index (χ1v) is 6.61. The summed E-state index contributed by atoms with van der Waals surface area (Å²) in [6.45, 7) is 1.39. The predicted molar refractivity (Wildman–Crippen MR) is 67.0 cm³/mol. The number of aryl methyl sites for hydroxylation is 2. The van der Waals surface area contributed by atoms with Gasteiger partial charge in [0.1, 0.15) is 0 Å². The highest BCUT2D eigenvalue weighted by Crippen LogP contribution is 2.31. The molecule has 0 saturated heterocycles. The van der Waals surface area contributed by atoms with Gasteiger partial charge in [0.15, 0.2) is 0 Å². The Balaban J connectivity index is 2.03. The maximum Gasteiger partial charge on any atom is 0.263 e. The molecule has 0 radical (unpaired) electrons. The number of nitrogens with two attached hydrogens (primary N) is 1. The summed E-state index contributed by atoms with van der Waals surface area (Å²) in [7, 11) is 1.85. The van der Waals surface area contributed by atoms with Crippen molar-refractivity contribution in [1.29, 1.82) is 0 Å². The average Bonchev–Trinajstić information content (AvgIpc) is 2.84. The molecule has 2 N–H and O–H groups in total. The first kappa shape index (κ1) is 11.6. The van der Waals surface area contributed by atoms with Gasteiger partial charge in [-0.25, -0.2) is 0 Å². The molecule has 0 spiro atoms. The van der Waals surface area contributed by atoms with Gasteiger partial charge in [0.05, 0.1) is 4.88 Å². The molecular formula is C12H18N2OS. The van der Waals surface area contributed by atoms with Crippen LogP contribution < -0.4 is 5.73 Å². The second-order valence-electron chi connectivity index (χ2n) is 4.28. The van der Waals surface area contributed by atoms with Gasteiger partial charge >= 0.3 is 0 Å². The van der Waals surface area contributed by atoms with Crippen LogP contribution in [0.5, 0.6) is 0 Å². The largest absolute Gasteiger partial charge is 0.341 e. The first-order valence-electron chi connectivity index (χ1n) is 5.79. The number of fused-ring (bicyclic) bond motifs is 1. The summed E-state index contributed by atoms with van der Waals surface area (Å²) in [4.78, 5) is 16.1. The molecule has 1 aromatic rings. The number of thiophene rings is 1. The number of rotatable bonds is 4. The van der Waals surface area contributed by atoms with E-state index in [1.54, 1.807) is 16.2 Å². The van der Waals surface area contributed by atoms with Gasteiger partial charge in [0.2, 0.25) is 0 Å². The van der Waals surface area contributed by atoms with E-state index < -0.39 is 0 Å². The monoisotopic (exact) mass is 238 g/mol. The van der Waals surface area contributed by atoms with Crippen LogP contribution >= 0.6 is 11.3 Å². The third kappa shape index (κ3) is 2.28. The van der Waals surface area contributed by atoms with E-state index >= 15 is 0 Å². The summed E-state index contributed by atoms with van der Waals surface area (Å²) in [6.07, 6.45) is 4.41. The van der Waals surface area contributed by atoms with E-state index in [4.69, 9.17) is 5.73 Å². The first-order chi connectivity index (χ1) is 7.72. The van der Waals surface area contributed by atoms with E-state index in [-0.39, 0.29) is 5.91 Å². The van der Waals surface area contributed by atoms with Gasteiger partial charge in [0, 0.05) is 18.5 Å². The molecule has 1 aliphatic rings. The molecule has 0 unspecified atom stereocenters. The van der Waals surface area contributed by atoms with Gasteiger partial charge in [-0.05, 0) is 43.9 Å². The lowest BCUT2D eigenvalue weighted by molar-refractivity contribution is 0.0799. The zero-order valence-electron chi connectivity index (χ0n) is 9.66. The molecule has 4 heteroatoms. The summed E-state index contributed by atoms with van der Waals surface area (Å²) in [5.41, 5.74) is 6.83. The van der Waals surface area contributed by atoms with Gasteiger partial charge < -0.3 is 10.6 Å². The van der Waals surface area contributed by atoms with Crippen LogP contribution in [0.4, 0.5) is 0 Å². The molecule has 1 heterocycles. The van der Waals surface area contributed by atoms with E-state index in [2.05, 4.69) is 6.07 Å². The third-order valence-electron chi connectivity index (χ3n) is 3.00. The second-order valence-corrected chi connectivity index (χ2v) is 5.42. The molecule has 88 valence electrons. The minimum Gasteiger partial charge on any atom is -0.341 e. The van der Waals surface area contributed by atoms with Crippen molar-refractivity contribution in [3.8, 4) is 0 Å². The number of hydrogen-bond acceptors (Lipinski definition) is 3. The number of carbonyl (C=O) groups excluding carboxylic acids is 1. The highest BCUT2D eigenvalue weighted by atomic mass is 32.1. The standard InChI is InChI=1S/C12H18N2OS/c1-14(7-3-6-13)12(15)11-8-9-4-2-5-10(9)16-11/h8H,2-7,13H2,1H3. The van der Waals surface area contributed by atoms with Crippen LogP contribution in [0.1, 0.15) is 33.0 Å². The molecule has 0 fully saturated rings. The fourth-order valence-corrected chi connectivity index (χ4v) is 3.30. The smallest absolute Gasteiger partial charge is 0.263 e. The number of nitrogens with zero attached hydrogens (tertiary/aromatic N) is 1. The lowest BCUT2D eigenvalue weighted by atomic mass is 10.2. The number of hydrogen-bond donors (Lipinski definition) is 1. The molecule has 0 aromatic carbocycles. The van der Waals surface area contributed by atoms with Crippen LogP contribution in [0.3, 0.4) is 0 Å². The van der Waals surface area contributed by atoms with E-state index in [0.717, 1.165) is 30.7 Å². The lowest BCUT2D eigenvalue weighted by Gasteiger charge is -2.15. The van der Waals surface area contributed by atoms with Crippen molar-refractivity contribution in [1.82, 2.24) is 4.90 Å². The Morgan fingerprint density at radius 1 is 1.56 bits per heavy atom. The molecule has 1 aliphatic carbocycles. The summed E-state index contributed by atoms with van der Waals surface area (Å²) in [6, 6.07) is 2.08.